The molecular weight excluding hydrogens is 226 g/mol. The summed E-state index contributed by atoms with van der Waals surface area (Å²) < 4.78 is 0. The van der Waals surface area contributed by atoms with E-state index in [0.29, 0.717) is 5.69 Å². The lowest BCUT2D eigenvalue weighted by atomic mass is 10.2. The maximum Gasteiger partial charge on any atom is 0.274 e. The number of H-pyrrole nitrogens is 1. The van der Waals surface area contributed by atoms with Gasteiger partial charge in [0.2, 0.25) is 0 Å². The quantitative estimate of drug-likeness (QED) is 0.720. The molecule has 0 atom stereocenters. The van der Waals surface area contributed by atoms with Gasteiger partial charge in [0.25, 0.3) is 5.91 Å². The van der Waals surface area contributed by atoms with Crippen LogP contribution in [0.2, 0.25) is 0 Å². The summed E-state index contributed by atoms with van der Waals surface area (Å²) in [6, 6.07) is 12.9. The molecule has 0 saturated heterocycles. The van der Waals surface area contributed by atoms with Gasteiger partial charge in [-0.3, -0.25) is 9.78 Å². The fourth-order valence-corrected chi connectivity index (χ4v) is 1.88. The SMILES string of the molecule is O=C(Nc1cccc2[nH]ccc12)c1ccccn1. The third-order valence-corrected chi connectivity index (χ3v) is 2.74. The number of benzene rings is 1. The number of hydrogen-bond donors (Lipinski definition) is 2. The van der Waals surface area contributed by atoms with Crippen LogP contribution in [0, 0.1) is 0 Å². The number of aromatic amines is 1. The number of nitrogens with zero attached hydrogens (tertiary/aromatic N) is 1. The maximum absolute atomic E-state index is 12.0. The Bertz CT molecular complexity index is 688. The van der Waals surface area contributed by atoms with Gasteiger partial charge >= 0.3 is 0 Å². The molecule has 18 heavy (non-hydrogen) atoms. The van der Waals surface area contributed by atoms with E-state index in [9.17, 15) is 4.79 Å². The van der Waals surface area contributed by atoms with Gasteiger partial charge in [0.15, 0.2) is 0 Å². The van der Waals surface area contributed by atoms with Crippen molar-refractivity contribution in [2.75, 3.05) is 5.32 Å². The molecule has 88 valence electrons. The Morgan fingerprint density at radius 3 is 2.89 bits per heavy atom. The second-order valence-electron chi connectivity index (χ2n) is 3.91. The molecule has 0 bridgehead atoms. The number of fused-ring (bicyclic) bond motifs is 1. The highest BCUT2D eigenvalue weighted by Gasteiger charge is 2.08. The van der Waals surface area contributed by atoms with Crippen molar-refractivity contribution in [1.82, 2.24) is 9.97 Å². The third-order valence-electron chi connectivity index (χ3n) is 2.74. The molecule has 0 fully saturated rings. The summed E-state index contributed by atoms with van der Waals surface area (Å²) in [6.45, 7) is 0. The molecule has 0 aliphatic rings. The first-order chi connectivity index (χ1) is 8.84. The Morgan fingerprint density at radius 1 is 1.11 bits per heavy atom. The first-order valence-corrected chi connectivity index (χ1v) is 5.63. The third kappa shape index (κ3) is 1.84. The van der Waals surface area contributed by atoms with Gasteiger partial charge in [-0.05, 0) is 30.3 Å². The number of nitrogens with one attached hydrogen (secondary N) is 2. The number of amides is 1. The van der Waals surface area contributed by atoms with E-state index >= 15 is 0 Å². The van der Waals surface area contributed by atoms with E-state index in [4.69, 9.17) is 0 Å². The molecule has 0 aliphatic carbocycles. The molecule has 0 unspecified atom stereocenters. The zero-order valence-electron chi connectivity index (χ0n) is 9.55. The average molecular weight is 237 g/mol. The molecular formula is C14H11N3O. The van der Waals surface area contributed by atoms with Crippen LogP contribution in [0.5, 0.6) is 0 Å². The first kappa shape index (κ1) is 10.5. The van der Waals surface area contributed by atoms with Crippen LogP contribution in [0.3, 0.4) is 0 Å². The van der Waals surface area contributed by atoms with Crippen LogP contribution < -0.4 is 5.32 Å². The largest absolute Gasteiger partial charge is 0.361 e. The normalized spacial score (nSPS) is 10.4. The van der Waals surface area contributed by atoms with Crippen LogP contribution in [0.15, 0.2) is 54.9 Å². The summed E-state index contributed by atoms with van der Waals surface area (Å²) >= 11 is 0. The molecule has 2 aromatic heterocycles. The van der Waals surface area contributed by atoms with Crippen molar-refractivity contribution in [3.05, 3.63) is 60.6 Å². The molecule has 4 nitrogen and oxygen atoms in total. The first-order valence-electron chi connectivity index (χ1n) is 5.63. The smallest absolute Gasteiger partial charge is 0.274 e. The Morgan fingerprint density at radius 2 is 2.06 bits per heavy atom. The molecule has 0 saturated carbocycles. The Balaban J connectivity index is 1.93. The number of carbonyl (C=O) groups excluding carboxylic acids is 1. The van der Waals surface area contributed by atoms with Crippen LogP contribution in [-0.2, 0) is 0 Å². The molecule has 3 aromatic rings. The van der Waals surface area contributed by atoms with Crippen molar-refractivity contribution in [3.63, 3.8) is 0 Å². The van der Waals surface area contributed by atoms with Crippen molar-refractivity contribution in [2.24, 2.45) is 0 Å². The summed E-state index contributed by atoms with van der Waals surface area (Å²) in [6.07, 6.45) is 3.45. The molecule has 2 heterocycles. The molecule has 1 aromatic carbocycles. The van der Waals surface area contributed by atoms with E-state index in [1.807, 2.05) is 30.5 Å². The van der Waals surface area contributed by atoms with Gasteiger partial charge < -0.3 is 10.3 Å². The zero-order chi connectivity index (χ0) is 12.4. The molecule has 0 spiro atoms. The Labute approximate surface area is 104 Å². The molecule has 3 rings (SSSR count). The van der Waals surface area contributed by atoms with Gasteiger partial charge in [-0.1, -0.05) is 12.1 Å². The number of pyridine rings is 1. The minimum Gasteiger partial charge on any atom is -0.361 e. The molecule has 1 amide bonds. The Kier molecular flexibility index (Phi) is 2.53. The van der Waals surface area contributed by atoms with Gasteiger partial charge in [0, 0.05) is 23.3 Å². The van der Waals surface area contributed by atoms with Crippen LogP contribution in [0.25, 0.3) is 10.9 Å². The van der Waals surface area contributed by atoms with Gasteiger partial charge in [-0.2, -0.15) is 0 Å². The van der Waals surface area contributed by atoms with Crippen LogP contribution in [-0.4, -0.2) is 15.9 Å². The highest BCUT2D eigenvalue weighted by atomic mass is 16.1. The standard InChI is InChI=1S/C14H11N3O/c18-14(13-4-1-2-8-15-13)17-12-6-3-5-11-10(12)7-9-16-11/h1-9,16H,(H,17,18). The van der Waals surface area contributed by atoms with E-state index in [2.05, 4.69) is 15.3 Å². The fraction of sp³-hybridized carbons (Fsp3) is 0. The van der Waals surface area contributed by atoms with Crippen LogP contribution in [0.1, 0.15) is 10.5 Å². The molecule has 2 N–H and O–H groups in total. The number of rotatable bonds is 2. The zero-order valence-corrected chi connectivity index (χ0v) is 9.55. The van der Waals surface area contributed by atoms with E-state index in [1.165, 1.54) is 0 Å². The van der Waals surface area contributed by atoms with E-state index < -0.39 is 0 Å². The summed E-state index contributed by atoms with van der Waals surface area (Å²) in [5.74, 6) is -0.204. The van der Waals surface area contributed by atoms with Gasteiger partial charge in [0.05, 0.1) is 5.69 Å². The molecule has 0 radical (unpaired) electrons. The second kappa shape index (κ2) is 4.33. The van der Waals surface area contributed by atoms with Crippen molar-refractivity contribution in [1.29, 1.82) is 0 Å². The Hall–Kier alpha value is -2.62. The topological polar surface area (TPSA) is 57.8 Å². The molecule has 4 heteroatoms. The second-order valence-corrected chi connectivity index (χ2v) is 3.91. The lowest BCUT2D eigenvalue weighted by Crippen LogP contribution is -2.13. The number of carbonyl (C=O) groups is 1. The van der Waals surface area contributed by atoms with E-state index in [1.54, 1.807) is 24.4 Å². The lowest BCUT2D eigenvalue weighted by molar-refractivity contribution is 0.102. The fourth-order valence-electron chi connectivity index (χ4n) is 1.88. The van der Waals surface area contributed by atoms with Crippen molar-refractivity contribution >= 4 is 22.5 Å². The predicted molar refractivity (Wildman–Crippen MR) is 70.5 cm³/mol. The summed E-state index contributed by atoms with van der Waals surface area (Å²) in [5.41, 5.74) is 2.18. The monoisotopic (exact) mass is 237 g/mol. The minimum absolute atomic E-state index is 0.204. The highest BCUT2D eigenvalue weighted by molar-refractivity contribution is 6.07. The molecule has 0 aliphatic heterocycles. The van der Waals surface area contributed by atoms with Gasteiger partial charge in [-0.25, -0.2) is 0 Å². The van der Waals surface area contributed by atoms with Gasteiger partial charge in [0.1, 0.15) is 5.69 Å². The summed E-state index contributed by atoms with van der Waals surface area (Å²) in [7, 11) is 0. The number of anilines is 1. The highest BCUT2D eigenvalue weighted by Crippen LogP contribution is 2.22. The van der Waals surface area contributed by atoms with Crippen LogP contribution >= 0.6 is 0 Å². The average Bonchev–Trinajstić information content (AvgIpc) is 2.89. The van der Waals surface area contributed by atoms with E-state index in [0.717, 1.165) is 16.6 Å². The maximum atomic E-state index is 12.0. The van der Waals surface area contributed by atoms with E-state index in [-0.39, 0.29) is 5.91 Å². The van der Waals surface area contributed by atoms with Crippen LogP contribution in [0.4, 0.5) is 5.69 Å². The van der Waals surface area contributed by atoms with Crippen molar-refractivity contribution < 1.29 is 4.79 Å². The lowest BCUT2D eigenvalue weighted by Gasteiger charge is -2.05. The minimum atomic E-state index is -0.204. The van der Waals surface area contributed by atoms with Gasteiger partial charge in [-0.15, -0.1) is 0 Å². The summed E-state index contributed by atoms with van der Waals surface area (Å²) in [5, 5.41) is 3.85. The number of aromatic nitrogens is 2. The number of hydrogen-bond acceptors (Lipinski definition) is 2. The van der Waals surface area contributed by atoms with Crippen molar-refractivity contribution in [3.8, 4) is 0 Å². The van der Waals surface area contributed by atoms with Crippen molar-refractivity contribution in [2.45, 2.75) is 0 Å². The predicted octanol–water partition coefficient (Wildman–Crippen LogP) is 2.82. The summed E-state index contributed by atoms with van der Waals surface area (Å²) in [4.78, 5) is 19.1.